The minimum Gasteiger partial charge on any atom is -0.376 e. The van der Waals surface area contributed by atoms with Crippen LogP contribution in [-0.4, -0.2) is 36.2 Å². The number of thiocarbonyl (C=S) groups is 1. The maximum atomic E-state index is 12.2. The van der Waals surface area contributed by atoms with Gasteiger partial charge in [0, 0.05) is 24.4 Å². The summed E-state index contributed by atoms with van der Waals surface area (Å²) < 4.78 is 5.49. The number of amides is 2. The van der Waals surface area contributed by atoms with E-state index in [1.54, 1.807) is 48.5 Å². The van der Waals surface area contributed by atoms with Crippen molar-refractivity contribution >= 4 is 46.4 Å². The summed E-state index contributed by atoms with van der Waals surface area (Å²) in [6, 6.07) is 13.5. The zero-order valence-electron chi connectivity index (χ0n) is 15.0. The Bertz CT molecular complexity index is 867. The number of hydrogen-bond acceptors (Lipinski definition) is 4. The highest BCUT2D eigenvalue weighted by molar-refractivity contribution is 7.80. The molecule has 8 heteroatoms. The molecule has 2 aromatic carbocycles. The molecule has 0 spiro atoms. The van der Waals surface area contributed by atoms with E-state index in [1.165, 1.54) is 0 Å². The molecule has 146 valence electrons. The van der Waals surface area contributed by atoms with Crippen molar-refractivity contribution < 1.29 is 14.3 Å². The van der Waals surface area contributed by atoms with E-state index in [-0.39, 0.29) is 17.1 Å². The van der Waals surface area contributed by atoms with Gasteiger partial charge in [0.2, 0.25) is 0 Å². The molecule has 1 unspecified atom stereocenters. The minimum absolute atomic E-state index is 0.101. The van der Waals surface area contributed by atoms with Crippen LogP contribution in [0.15, 0.2) is 48.5 Å². The first-order chi connectivity index (χ1) is 13.5. The Kier molecular flexibility index (Phi) is 6.97. The zero-order chi connectivity index (χ0) is 19.9. The molecule has 2 aromatic rings. The van der Waals surface area contributed by atoms with Crippen molar-refractivity contribution in [1.82, 2.24) is 10.6 Å². The lowest BCUT2D eigenvalue weighted by Crippen LogP contribution is -2.34. The fraction of sp³-hybridized carbons (Fsp3) is 0.250. The van der Waals surface area contributed by atoms with Crippen LogP contribution in [0.25, 0.3) is 0 Å². The van der Waals surface area contributed by atoms with Crippen molar-refractivity contribution in [1.29, 1.82) is 0 Å². The number of halogens is 1. The Morgan fingerprint density at radius 1 is 1.11 bits per heavy atom. The Labute approximate surface area is 173 Å². The predicted octanol–water partition coefficient (Wildman–Crippen LogP) is 3.38. The summed E-state index contributed by atoms with van der Waals surface area (Å²) >= 11 is 11.2. The van der Waals surface area contributed by atoms with Crippen LogP contribution in [0.1, 0.15) is 33.6 Å². The molecule has 1 atom stereocenters. The van der Waals surface area contributed by atoms with E-state index in [9.17, 15) is 9.59 Å². The van der Waals surface area contributed by atoms with Crippen LogP contribution in [0.2, 0.25) is 5.02 Å². The van der Waals surface area contributed by atoms with Crippen molar-refractivity contribution in [2.24, 2.45) is 0 Å². The largest absolute Gasteiger partial charge is 0.376 e. The van der Waals surface area contributed by atoms with Crippen molar-refractivity contribution in [3.8, 4) is 0 Å². The molecule has 3 N–H and O–H groups in total. The number of carbonyl (C=O) groups is 2. The van der Waals surface area contributed by atoms with Crippen LogP contribution in [0.4, 0.5) is 5.69 Å². The lowest BCUT2D eigenvalue weighted by atomic mass is 10.2. The molecule has 2 amide bonds. The first kappa shape index (κ1) is 20.3. The standard InChI is InChI=1S/C20H20ClN3O3S/c21-17-6-2-1-5-16(17)19(26)24-20(28)23-14-9-7-13(8-10-14)18(25)22-12-15-4-3-11-27-15/h1-2,5-10,15H,3-4,11-12H2,(H,22,25)(H2,23,24,26,28). The Morgan fingerprint density at radius 2 is 1.86 bits per heavy atom. The van der Waals surface area contributed by atoms with E-state index in [2.05, 4.69) is 16.0 Å². The third-order valence-electron chi connectivity index (χ3n) is 4.26. The van der Waals surface area contributed by atoms with Gasteiger partial charge in [-0.3, -0.25) is 14.9 Å². The predicted molar refractivity (Wildman–Crippen MR) is 113 cm³/mol. The van der Waals surface area contributed by atoms with Crippen molar-refractivity contribution in [3.05, 3.63) is 64.7 Å². The molecule has 1 saturated heterocycles. The molecule has 0 aliphatic carbocycles. The molecular weight excluding hydrogens is 398 g/mol. The van der Waals surface area contributed by atoms with Gasteiger partial charge in [-0.25, -0.2) is 0 Å². The summed E-state index contributed by atoms with van der Waals surface area (Å²) in [5.74, 6) is -0.551. The highest BCUT2D eigenvalue weighted by atomic mass is 35.5. The summed E-state index contributed by atoms with van der Waals surface area (Å²) in [5.41, 5.74) is 1.53. The second-order valence-corrected chi connectivity index (χ2v) is 7.13. The molecule has 0 radical (unpaired) electrons. The lowest BCUT2D eigenvalue weighted by molar-refractivity contribution is 0.0857. The lowest BCUT2D eigenvalue weighted by Gasteiger charge is -2.12. The zero-order valence-corrected chi connectivity index (χ0v) is 16.6. The molecule has 6 nitrogen and oxygen atoms in total. The smallest absolute Gasteiger partial charge is 0.258 e. The average Bonchev–Trinajstić information content (AvgIpc) is 3.20. The molecule has 1 fully saturated rings. The average molecular weight is 418 g/mol. The van der Waals surface area contributed by atoms with Crippen LogP contribution in [0.3, 0.4) is 0 Å². The number of carbonyl (C=O) groups excluding carboxylic acids is 2. The van der Waals surface area contributed by atoms with Crippen molar-refractivity contribution in [3.63, 3.8) is 0 Å². The Morgan fingerprint density at radius 3 is 2.54 bits per heavy atom. The Hall–Kier alpha value is -2.48. The first-order valence-corrected chi connectivity index (χ1v) is 9.68. The molecule has 0 saturated carbocycles. The highest BCUT2D eigenvalue weighted by Gasteiger charge is 2.16. The first-order valence-electron chi connectivity index (χ1n) is 8.89. The summed E-state index contributed by atoms with van der Waals surface area (Å²) in [6.07, 6.45) is 2.11. The summed E-state index contributed by atoms with van der Waals surface area (Å²) in [7, 11) is 0. The normalized spacial score (nSPS) is 15.7. The van der Waals surface area contributed by atoms with E-state index < -0.39 is 5.91 Å². The summed E-state index contributed by atoms with van der Waals surface area (Å²) in [6.45, 7) is 1.27. The van der Waals surface area contributed by atoms with Gasteiger partial charge in [0.05, 0.1) is 16.7 Å². The van der Waals surface area contributed by atoms with E-state index in [0.29, 0.717) is 28.4 Å². The SMILES string of the molecule is O=C(NCC1CCCO1)c1ccc(NC(=S)NC(=O)c2ccccc2Cl)cc1. The molecule has 0 bridgehead atoms. The maximum Gasteiger partial charge on any atom is 0.258 e. The Balaban J connectivity index is 1.50. The monoisotopic (exact) mass is 417 g/mol. The molecule has 1 heterocycles. The van der Waals surface area contributed by atoms with Gasteiger partial charge >= 0.3 is 0 Å². The van der Waals surface area contributed by atoms with Crippen LogP contribution in [0.5, 0.6) is 0 Å². The van der Waals surface area contributed by atoms with Gasteiger partial charge in [0.25, 0.3) is 11.8 Å². The third-order valence-corrected chi connectivity index (χ3v) is 4.80. The van der Waals surface area contributed by atoms with Crippen LogP contribution < -0.4 is 16.0 Å². The van der Waals surface area contributed by atoms with E-state index in [0.717, 1.165) is 19.4 Å². The molecule has 1 aliphatic heterocycles. The van der Waals surface area contributed by atoms with E-state index in [1.807, 2.05) is 0 Å². The maximum absolute atomic E-state index is 12.2. The molecule has 3 rings (SSSR count). The van der Waals surface area contributed by atoms with Gasteiger partial charge in [0.15, 0.2) is 5.11 Å². The van der Waals surface area contributed by atoms with Gasteiger partial charge in [-0.05, 0) is 61.5 Å². The number of anilines is 1. The van der Waals surface area contributed by atoms with Crippen molar-refractivity contribution in [2.45, 2.75) is 18.9 Å². The minimum atomic E-state index is -0.395. The number of hydrogen-bond donors (Lipinski definition) is 3. The molecular formula is C20H20ClN3O3S. The van der Waals surface area contributed by atoms with Gasteiger partial charge in [0.1, 0.15) is 0 Å². The summed E-state index contributed by atoms with van der Waals surface area (Å²) in [4.78, 5) is 24.4. The fourth-order valence-corrected chi connectivity index (χ4v) is 3.23. The van der Waals surface area contributed by atoms with Crippen LogP contribution in [-0.2, 0) is 4.74 Å². The number of benzene rings is 2. The highest BCUT2D eigenvalue weighted by Crippen LogP contribution is 2.15. The van der Waals surface area contributed by atoms with E-state index in [4.69, 9.17) is 28.6 Å². The molecule has 1 aliphatic rings. The van der Waals surface area contributed by atoms with E-state index >= 15 is 0 Å². The second kappa shape index (κ2) is 9.64. The van der Waals surface area contributed by atoms with Crippen LogP contribution >= 0.6 is 23.8 Å². The van der Waals surface area contributed by atoms with Crippen LogP contribution in [0, 0.1) is 0 Å². The van der Waals surface area contributed by atoms with Gasteiger partial charge in [-0.15, -0.1) is 0 Å². The fourth-order valence-electron chi connectivity index (χ4n) is 2.80. The number of rotatable bonds is 5. The number of ether oxygens (including phenoxy) is 1. The third kappa shape index (κ3) is 5.51. The van der Waals surface area contributed by atoms with Gasteiger partial charge in [-0.2, -0.15) is 0 Å². The quantitative estimate of drug-likeness (QED) is 0.650. The number of nitrogens with one attached hydrogen (secondary N) is 3. The molecule has 28 heavy (non-hydrogen) atoms. The van der Waals surface area contributed by atoms with Gasteiger partial charge in [-0.1, -0.05) is 23.7 Å². The van der Waals surface area contributed by atoms with Gasteiger partial charge < -0.3 is 15.4 Å². The summed E-state index contributed by atoms with van der Waals surface area (Å²) in [5, 5.41) is 8.85. The second-order valence-electron chi connectivity index (χ2n) is 6.31. The topological polar surface area (TPSA) is 79.5 Å². The molecule has 0 aromatic heterocycles. The van der Waals surface area contributed by atoms with Crippen molar-refractivity contribution in [2.75, 3.05) is 18.5 Å².